The van der Waals surface area contributed by atoms with Crippen molar-refractivity contribution in [3.05, 3.63) is 0 Å². The fourth-order valence-corrected chi connectivity index (χ4v) is 1.50. The average molecular weight is 273 g/mol. The average Bonchev–Trinajstić information content (AvgIpc) is 2.26. The van der Waals surface area contributed by atoms with Gasteiger partial charge >= 0.3 is 12.1 Å². The Bertz CT molecular complexity index is 318. The molecule has 0 radical (unpaired) electrons. The highest BCUT2D eigenvalue weighted by Gasteiger charge is 2.30. The van der Waals surface area contributed by atoms with Gasteiger partial charge in [0.25, 0.3) is 0 Å². The Morgan fingerprint density at radius 1 is 1.11 bits per heavy atom. The van der Waals surface area contributed by atoms with Crippen molar-refractivity contribution in [2.75, 3.05) is 20.2 Å². The van der Waals surface area contributed by atoms with Crippen molar-refractivity contribution in [2.24, 2.45) is 5.41 Å². The minimum absolute atomic E-state index is 0.271. The minimum Gasteiger partial charge on any atom is -0.469 e. The molecular formula is C14H27NO4. The summed E-state index contributed by atoms with van der Waals surface area (Å²) in [6.45, 7) is 12.0. The smallest absolute Gasteiger partial charge is 0.410 e. The summed E-state index contributed by atoms with van der Waals surface area (Å²) in [6, 6.07) is 0. The quantitative estimate of drug-likeness (QED) is 0.723. The van der Waals surface area contributed by atoms with Crippen LogP contribution in [0.25, 0.3) is 0 Å². The Labute approximate surface area is 116 Å². The summed E-state index contributed by atoms with van der Waals surface area (Å²) in [5, 5.41) is 0. The van der Waals surface area contributed by atoms with E-state index in [1.807, 2.05) is 41.5 Å². The molecule has 0 saturated carbocycles. The molecule has 0 fully saturated rings. The first-order valence-electron chi connectivity index (χ1n) is 6.60. The van der Waals surface area contributed by atoms with E-state index in [0.29, 0.717) is 19.5 Å². The van der Waals surface area contributed by atoms with Crippen molar-refractivity contribution in [1.82, 2.24) is 4.90 Å². The molecule has 1 amide bonds. The highest BCUT2D eigenvalue weighted by Crippen LogP contribution is 2.23. The van der Waals surface area contributed by atoms with E-state index in [1.165, 1.54) is 7.11 Å². The van der Waals surface area contributed by atoms with Crippen LogP contribution in [0, 0.1) is 5.41 Å². The molecule has 0 aliphatic rings. The Kier molecular flexibility index (Phi) is 6.33. The molecule has 5 heteroatoms. The second kappa shape index (κ2) is 6.78. The highest BCUT2D eigenvalue weighted by atomic mass is 16.6. The molecule has 0 aliphatic carbocycles. The molecule has 0 aromatic rings. The van der Waals surface area contributed by atoms with Crippen molar-refractivity contribution in [1.29, 1.82) is 0 Å². The lowest BCUT2D eigenvalue weighted by Crippen LogP contribution is -2.39. The van der Waals surface area contributed by atoms with Crippen LogP contribution in [-0.4, -0.2) is 42.8 Å². The monoisotopic (exact) mass is 273 g/mol. The second-order valence-electron chi connectivity index (χ2n) is 6.19. The molecule has 0 bridgehead atoms. The first-order valence-corrected chi connectivity index (χ1v) is 6.60. The molecular weight excluding hydrogens is 246 g/mol. The Hall–Kier alpha value is -1.26. The van der Waals surface area contributed by atoms with Gasteiger partial charge in [-0.15, -0.1) is 0 Å². The molecule has 0 saturated heterocycles. The number of esters is 1. The number of carbonyl (C=O) groups is 2. The van der Waals surface area contributed by atoms with Crippen LogP contribution in [0.3, 0.4) is 0 Å². The summed E-state index contributed by atoms with van der Waals surface area (Å²) in [5.41, 5.74) is -1.12. The lowest BCUT2D eigenvalue weighted by Gasteiger charge is -2.29. The van der Waals surface area contributed by atoms with Gasteiger partial charge in [-0.05, 0) is 48.0 Å². The molecule has 0 aromatic carbocycles. The number of nitrogens with zero attached hydrogens (tertiary/aromatic N) is 1. The van der Waals surface area contributed by atoms with Crippen LogP contribution in [0.4, 0.5) is 4.79 Å². The second-order valence-corrected chi connectivity index (χ2v) is 6.19. The van der Waals surface area contributed by atoms with Crippen molar-refractivity contribution < 1.29 is 19.1 Å². The Morgan fingerprint density at radius 3 is 2.00 bits per heavy atom. The maximum absolute atomic E-state index is 11.9. The van der Waals surface area contributed by atoms with Crippen molar-refractivity contribution >= 4 is 12.1 Å². The summed E-state index contributed by atoms with van der Waals surface area (Å²) in [5.74, 6) is -0.271. The lowest BCUT2D eigenvalue weighted by molar-refractivity contribution is -0.151. The normalized spacial score (nSPS) is 11.9. The third-order valence-corrected chi connectivity index (χ3v) is 2.78. The molecule has 0 unspecified atom stereocenters. The zero-order chi connectivity index (χ0) is 15.3. The fourth-order valence-electron chi connectivity index (χ4n) is 1.50. The van der Waals surface area contributed by atoms with Gasteiger partial charge in [-0.3, -0.25) is 4.79 Å². The van der Waals surface area contributed by atoms with Crippen molar-refractivity contribution in [3.63, 3.8) is 0 Å². The molecule has 0 heterocycles. The van der Waals surface area contributed by atoms with Crippen molar-refractivity contribution in [2.45, 2.75) is 53.6 Å². The number of hydrogen-bond acceptors (Lipinski definition) is 4. The lowest BCUT2D eigenvalue weighted by atomic mass is 9.89. The number of rotatable bonds is 5. The molecule has 0 atom stereocenters. The van der Waals surface area contributed by atoms with E-state index in [4.69, 9.17) is 9.47 Å². The van der Waals surface area contributed by atoms with Gasteiger partial charge in [-0.2, -0.15) is 0 Å². The Balaban J connectivity index is 4.50. The summed E-state index contributed by atoms with van der Waals surface area (Å²) in [4.78, 5) is 25.1. The topological polar surface area (TPSA) is 55.8 Å². The van der Waals surface area contributed by atoms with Gasteiger partial charge in [0, 0.05) is 13.1 Å². The highest BCUT2D eigenvalue weighted by molar-refractivity contribution is 5.75. The van der Waals surface area contributed by atoms with Crippen LogP contribution in [-0.2, 0) is 14.3 Å². The molecule has 5 nitrogen and oxygen atoms in total. The van der Waals surface area contributed by atoms with Crippen LogP contribution in [0.1, 0.15) is 48.0 Å². The molecule has 0 aliphatic heterocycles. The van der Waals surface area contributed by atoms with E-state index in [9.17, 15) is 9.59 Å². The molecule has 0 aromatic heterocycles. The predicted octanol–water partition coefficient (Wildman–Crippen LogP) is 2.83. The zero-order valence-corrected chi connectivity index (χ0v) is 13.2. The fraction of sp³-hybridized carbons (Fsp3) is 0.857. The number of ether oxygens (including phenoxy) is 2. The first-order chi connectivity index (χ1) is 8.53. The summed E-state index contributed by atoms with van der Waals surface area (Å²) in [6.07, 6.45) is 0.183. The van der Waals surface area contributed by atoms with Crippen LogP contribution in [0.5, 0.6) is 0 Å². The summed E-state index contributed by atoms with van der Waals surface area (Å²) < 4.78 is 10.1. The third-order valence-electron chi connectivity index (χ3n) is 2.78. The molecule has 0 N–H and O–H groups in total. The SMILES string of the molecule is CCN(CCC(C)(C)C(=O)OC)C(=O)OC(C)(C)C. The van der Waals surface area contributed by atoms with E-state index in [1.54, 1.807) is 4.90 Å². The maximum atomic E-state index is 11.9. The standard InChI is InChI=1S/C14H27NO4/c1-8-15(12(17)19-13(2,3)4)10-9-14(5,6)11(16)18-7/h8-10H2,1-7H3. The van der Waals surface area contributed by atoms with Crippen LogP contribution < -0.4 is 0 Å². The predicted molar refractivity (Wildman–Crippen MR) is 73.9 cm³/mol. The zero-order valence-electron chi connectivity index (χ0n) is 13.2. The number of carbonyl (C=O) groups excluding carboxylic acids is 2. The molecule has 0 spiro atoms. The molecule has 112 valence electrons. The van der Waals surface area contributed by atoms with Crippen LogP contribution >= 0.6 is 0 Å². The molecule has 19 heavy (non-hydrogen) atoms. The summed E-state index contributed by atoms with van der Waals surface area (Å²) in [7, 11) is 1.37. The maximum Gasteiger partial charge on any atom is 0.410 e. The van der Waals surface area contributed by atoms with Gasteiger partial charge in [0.2, 0.25) is 0 Å². The first kappa shape index (κ1) is 17.7. The Morgan fingerprint density at radius 2 is 1.63 bits per heavy atom. The number of hydrogen-bond donors (Lipinski definition) is 0. The summed E-state index contributed by atoms with van der Waals surface area (Å²) >= 11 is 0. The van der Waals surface area contributed by atoms with Crippen LogP contribution in [0.15, 0.2) is 0 Å². The van der Waals surface area contributed by atoms with E-state index in [-0.39, 0.29) is 12.1 Å². The van der Waals surface area contributed by atoms with Gasteiger partial charge in [-0.1, -0.05) is 0 Å². The van der Waals surface area contributed by atoms with Gasteiger partial charge < -0.3 is 14.4 Å². The number of amides is 1. The van der Waals surface area contributed by atoms with E-state index < -0.39 is 11.0 Å². The van der Waals surface area contributed by atoms with Crippen molar-refractivity contribution in [3.8, 4) is 0 Å². The van der Waals surface area contributed by atoms with Gasteiger partial charge in [0.05, 0.1) is 12.5 Å². The third kappa shape index (κ3) is 6.45. The largest absolute Gasteiger partial charge is 0.469 e. The minimum atomic E-state index is -0.607. The van der Waals surface area contributed by atoms with E-state index in [0.717, 1.165) is 0 Å². The van der Waals surface area contributed by atoms with E-state index >= 15 is 0 Å². The number of methoxy groups -OCH3 is 1. The van der Waals surface area contributed by atoms with Crippen LogP contribution in [0.2, 0.25) is 0 Å². The molecule has 0 rings (SSSR count). The van der Waals surface area contributed by atoms with Gasteiger partial charge in [0.1, 0.15) is 5.60 Å². The van der Waals surface area contributed by atoms with E-state index in [2.05, 4.69) is 0 Å². The van der Waals surface area contributed by atoms with Gasteiger partial charge in [0.15, 0.2) is 0 Å². The van der Waals surface area contributed by atoms with Gasteiger partial charge in [-0.25, -0.2) is 4.79 Å².